The third-order valence-electron chi connectivity index (χ3n) is 3.12. The molecule has 1 aromatic rings. The van der Waals surface area contributed by atoms with E-state index in [9.17, 15) is 9.90 Å². The fourth-order valence-corrected chi connectivity index (χ4v) is 2.04. The van der Waals surface area contributed by atoms with Crippen LogP contribution in [0.1, 0.15) is 0 Å². The van der Waals surface area contributed by atoms with Crippen LogP contribution in [0.15, 0.2) is 18.2 Å². The van der Waals surface area contributed by atoms with Gasteiger partial charge in [0.1, 0.15) is 11.8 Å². The molecule has 6 nitrogen and oxygen atoms in total. The van der Waals surface area contributed by atoms with Crippen LogP contribution < -0.4 is 20.5 Å². The maximum atomic E-state index is 10.7. The second-order valence-corrected chi connectivity index (χ2v) is 4.17. The Morgan fingerprint density at radius 1 is 1.33 bits per heavy atom. The molecule has 1 saturated heterocycles. The molecule has 0 spiro atoms. The van der Waals surface area contributed by atoms with Crippen LogP contribution in [0.2, 0.25) is 0 Å². The standard InChI is InChI=1S/C12H17N3O3/c1-18-11-8-9(2-3-10(11)13)14-4-6-15(7-5-14)12(16)17/h2-3,8H,4-7,13H2,1H3,(H,16,17)/p-1. The van der Waals surface area contributed by atoms with E-state index in [1.807, 2.05) is 12.1 Å². The lowest BCUT2D eigenvalue weighted by Gasteiger charge is -2.37. The van der Waals surface area contributed by atoms with E-state index >= 15 is 0 Å². The molecule has 0 unspecified atom stereocenters. The highest BCUT2D eigenvalue weighted by atomic mass is 16.5. The second kappa shape index (κ2) is 5.03. The van der Waals surface area contributed by atoms with E-state index in [1.165, 1.54) is 4.90 Å². The maximum Gasteiger partial charge on any atom is 0.143 e. The molecule has 0 saturated carbocycles. The van der Waals surface area contributed by atoms with Gasteiger partial charge in [0.15, 0.2) is 0 Å². The van der Waals surface area contributed by atoms with E-state index in [4.69, 9.17) is 10.5 Å². The molecule has 1 fully saturated rings. The number of carbonyl (C=O) groups is 1. The van der Waals surface area contributed by atoms with Crippen molar-refractivity contribution in [2.24, 2.45) is 0 Å². The van der Waals surface area contributed by atoms with Gasteiger partial charge in [0.25, 0.3) is 0 Å². The van der Waals surface area contributed by atoms with Crippen LogP contribution in [0.5, 0.6) is 5.75 Å². The molecule has 0 aliphatic carbocycles. The predicted octanol–water partition coefficient (Wildman–Crippen LogP) is -0.257. The molecule has 0 bridgehead atoms. The lowest BCUT2D eigenvalue weighted by Crippen LogP contribution is -2.52. The number of methoxy groups -OCH3 is 1. The zero-order chi connectivity index (χ0) is 13.1. The van der Waals surface area contributed by atoms with Gasteiger partial charge in [-0.3, -0.25) is 0 Å². The molecule has 0 atom stereocenters. The third-order valence-corrected chi connectivity index (χ3v) is 3.12. The van der Waals surface area contributed by atoms with Crippen LogP contribution in [-0.2, 0) is 0 Å². The molecule has 1 heterocycles. The molecular weight excluding hydrogens is 234 g/mol. The molecule has 2 rings (SSSR count). The van der Waals surface area contributed by atoms with E-state index < -0.39 is 6.09 Å². The van der Waals surface area contributed by atoms with Crippen molar-refractivity contribution in [3.63, 3.8) is 0 Å². The number of rotatable bonds is 2. The van der Waals surface area contributed by atoms with Crippen molar-refractivity contribution in [3.05, 3.63) is 18.2 Å². The number of nitrogens with two attached hydrogens (primary N) is 1. The summed E-state index contributed by atoms with van der Waals surface area (Å²) in [6.07, 6.45) is -1.11. The largest absolute Gasteiger partial charge is 0.530 e. The van der Waals surface area contributed by atoms with Crippen molar-refractivity contribution in [2.45, 2.75) is 0 Å². The number of nitrogen functional groups attached to an aromatic ring is 1. The molecule has 6 heteroatoms. The molecule has 1 amide bonds. The number of hydrogen-bond acceptors (Lipinski definition) is 5. The van der Waals surface area contributed by atoms with E-state index in [0.29, 0.717) is 37.6 Å². The van der Waals surface area contributed by atoms with Gasteiger partial charge in [0, 0.05) is 37.9 Å². The highest BCUT2D eigenvalue weighted by Crippen LogP contribution is 2.27. The molecule has 0 aromatic heterocycles. The zero-order valence-electron chi connectivity index (χ0n) is 10.3. The fraction of sp³-hybridized carbons (Fsp3) is 0.417. The lowest BCUT2D eigenvalue weighted by atomic mass is 10.2. The molecular formula is C12H16N3O3-. The Morgan fingerprint density at radius 2 is 2.00 bits per heavy atom. The highest BCUT2D eigenvalue weighted by Gasteiger charge is 2.17. The summed E-state index contributed by atoms with van der Waals surface area (Å²) in [6.45, 7) is 2.19. The number of anilines is 2. The van der Waals surface area contributed by atoms with Crippen LogP contribution >= 0.6 is 0 Å². The summed E-state index contributed by atoms with van der Waals surface area (Å²) in [6, 6.07) is 5.57. The summed E-state index contributed by atoms with van der Waals surface area (Å²) in [5.41, 5.74) is 7.33. The molecule has 1 aliphatic rings. The number of benzene rings is 1. The predicted molar refractivity (Wildman–Crippen MR) is 66.6 cm³/mol. The van der Waals surface area contributed by atoms with Crippen LogP contribution in [0.3, 0.4) is 0 Å². The van der Waals surface area contributed by atoms with Crippen LogP contribution in [0.25, 0.3) is 0 Å². The Labute approximate surface area is 106 Å². The van der Waals surface area contributed by atoms with Gasteiger partial charge in [-0.2, -0.15) is 0 Å². The first-order valence-corrected chi connectivity index (χ1v) is 5.76. The lowest BCUT2D eigenvalue weighted by molar-refractivity contribution is -0.265. The zero-order valence-corrected chi connectivity index (χ0v) is 10.3. The van der Waals surface area contributed by atoms with Crippen molar-refractivity contribution in [1.82, 2.24) is 4.90 Å². The first-order chi connectivity index (χ1) is 8.61. The van der Waals surface area contributed by atoms with Gasteiger partial charge < -0.3 is 30.2 Å². The Bertz CT molecular complexity index is 442. The Balaban J connectivity index is 2.07. The number of carbonyl (C=O) groups excluding carboxylic acids is 1. The fourth-order valence-electron chi connectivity index (χ4n) is 2.04. The number of piperazine rings is 1. The van der Waals surface area contributed by atoms with Crippen molar-refractivity contribution in [2.75, 3.05) is 43.9 Å². The van der Waals surface area contributed by atoms with E-state index in [1.54, 1.807) is 13.2 Å². The Kier molecular flexibility index (Phi) is 3.45. The van der Waals surface area contributed by atoms with E-state index in [2.05, 4.69) is 4.90 Å². The van der Waals surface area contributed by atoms with Gasteiger partial charge in [-0.15, -0.1) is 0 Å². The molecule has 98 valence electrons. The number of ether oxygens (including phenoxy) is 1. The van der Waals surface area contributed by atoms with E-state index in [-0.39, 0.29) is 0 Å². The average Bonchev–Trinajstić information content (AvgIpc) is 2.39. The van der Waals surface area contributed by atoms with Crippen molar-refractivity contribution < 1.29 is 14.6 Å². The van der Waals surface area contributed by atoms with Gasteiger partial charge in [-0.05, 0) is 12.1 Å². The summed E-state index contributed by atoms with van der Waals surface area (Å²) in [5.74, 6) is 0.634. The summed E-state index contributed by atoms with van der Waals surface area (Å²) < 4.78 is 5.17. The molecule has 1 aromatic carbocycles. The summed E-state index contributed by atoms with van der Waals surface area (Å²) in [5, 5.41) is 10.7. The van der Waals surface area contributed by atoms with Crippen molar-refractivity contribution in [3.8, 4) is 5.75 Å². The van der Waals surface area contributed by atoms with Gasteiger partial charge >= 0.3 is 0 Å². The van der Waals surface area contributed by atoms with Gasteiger partial charge in [-0.25, -0.2) is 0 Å². The summed E-state index contributed by atoms with van der Waals surface area (Å²) >= 11 is 0. The highest BCUT2D eigenvalue weighted by molar-refractivity contribution is 5.65. The monoisotopic (exact) mass is 250 g/mol. The van der Waals surface area contributed by atoms with Crippen molar-refractivity contribution in [1.29, 1.82) is 0 Å². The minimum atomic E-state index is -1.11. The first-order valence-electron chi connectivity index (χ1n) is 5.76. The van der Waals surface area contributed by atoms with Crippen molar-refractivity contribution >= 4 is 17.5 Å². The summed E-state index contributed by atoms with van der Waals surface area (Å²) in [4.78, 5) is 14.1. The van der Waals surface area contributed by atoms with Gasteiger partial charge in [0.2, 0.25) is 0 Å². The van der Waals surface area contributed by atoms with Gasteiger partial charge in [0.05, 0.1) is 12.8 Å². The smallest absolute Gasteiger partial charge is 0.143 e. The van der Waals surface area contributed by atoms with Gasteiger partial charge in [-0.1, -0.05) is 0 Å². The molecule has 1 aliphatic heterocycles. The normalized spacial score (nSPS) is 15.6. The SMILES string of the molecule is COc1cc(N2CCN(C(=O)[O-])CC2)ccc1N. The number of amides is 1. The third kappa shape index (κ3) is 2.42. The Hall–Kier alpha value is -2.11. The minimum Gasteiger partial charge on any atom is -0.530 e. The maximum absolute atomic E-state index is 10.7. The summed E-state index contributed by atoms with van der Waals surface area (Å²) in [7, 11) is 1.57. The number of hydrogen-bond donors (Lipinski definition) is 1. The quantitative estimate of drug-likeness (QED) is 0.731. The number of carboxylic acid groups (broad SMARTS) is 1. The van der Waals surface area contributed by atoms with E-state index in [0.717, 1.165) is 5.69 Å². The molecule has 2 N–H and O–H groups in total. The Morgan fingerprint density at radius 3 is 2.56 bits per heavy atom. The molecule has 0 radical (unpaired) electrons. The van der Waals surface area contributed by atoms with Crippen LogP contribution in [0, 0.1) is 0 Å². The average molecular weight is 250 g/mol. The first kappa shape index (κ1) is 12.3. The minimum absolute atomic E-state index is 0.453. The topological polar surface area (TPSA) is 81.9 Å². The molecule has 18 heavy (non-hydrogen) atoms. The van der Waals surface area contributed by atoms with Crippen LogP contribution in [0.4, 0.5) is 16.2 Å². The van der Waals surface area contributed by atoms with Crippen LogP contribution in [-0.4, -0.2) is 44.3 Å². The second-order valence-electron chi connectivity index (χ2n) is 4.17. The number of nitrogens with zero attached hydrogens (tertiary/aromatic N) is 2.